The van der Waals surface area contributed by atoms with Crippen molar-refractivity contribution in [2.75, 3.05) is 19.0 Å². The van der Waals surface area contributed by atoms with Crippen LogP contribution in [0, 0.1) is 0 Å². The molecule has 1 aromatic carbocycles. The van der Waals surface area contributed by atoms with E-state index in [1.54, 1.807) is 0 Å². The first-order valence-corrected chi connectivity index (χ1v) is 6.87. The fraction of sp³-hybridized carbons (Fsp3) is 0.600. The van der Waals surface area contributed by atoms with E-state index in [2.05, 4.69) is 41.5 Å². The van der Waals surface area contributed by atoms with Gasteiger partial charge in [0.05, 0.1) is 12.1 Å². The number of hydrogen-bond donors (Lipinski definition) is 2. The monoisotopic (exact) mass is 248 g/mol. The molecule has 0 spiro atoms. The Morgan fingerprint density at radius 1 is 1.22 bits per heavy atom. The van der Waals surface area contributed by atoms with Gasteiger partial charge in [0.1, 0.15) is 0 Å². The van der Waals surface area contributed by atoms with Gasteiger partial charge < -0.3 is 15.3 Å². The summed E-state index contributed by atoms with van der Waals surface area (Å²) in [6.07, 6.45) is 4.24. The van der Waals surface area contributed by atoms with Gasteiger partial charge in [-0.25, -0.2) is 0 Å². The van der Waals surface area contributed by atoms with Gasteiger partial charge in [0.25, 0.3) is 0 Å². The highest BCUT2D eigenvalue weighted by molar-refractivity contribution is 5.48. The van der Waals surface area contributed by atoms with Crippen molar-refractivity contribution in [3.8, 4) is 0 Å². The minimum Gasteiger partial charge on any atom is -0.391 e. The molecular weight excluding hydrogens is 224 g/mol. The first-order chi connectivity index (χ1) is 8.72. The second-order valence-corrected chi connectivity index (χ2v) is 5.23. The van der Waals surface area contributed by atoms with Crippen molar-refractivity contribution in [1.82, 2.24) is 5.32 Å². The summed E-state index contributed by atoms with van der Waals surface area (Å²) in [7, 11) is 4.05. The zero-order valence-corrected chi connectivity index (χ0v) is 11.4. The number of rotatable bonds is 4. The van der Waals surface area contributed by atoms with Gasteiger partial charge in [-0.1, -0.05) is 25.0 Å². The van der Waals surface area contributed by atoms with Crippen LogP contribution >= 0.6 is 0 Å². The van der Waals surface area contributed by atoms with E-state index >= 15 is 0 Å². The molecule has 0 radical (unpaired) electrons. The van der Waals surface area contributed by atoms with Crippen molar-refractivity contribution in [2.24, 2.45) is 0 Å². The average Bonchev–Trinajstić information content (AvgIpc) is 2.40. The number of hydrogen-bond acceptors (Lipinski definition) is 3. The second-order valence-electron chi connectivity index (χ2n) is 5.23. The van der Waals surface area contributed by atoms with E-state index < -0.39 is 0 Å². The van der Waals surface area contributed by atoms with Crippen molar-refractivity contribution < 1.29 is 5.11 Å². The van der Waals surface area contributed by atoms with Gasteiger partial charge in [0.15, 0.2) is 0 Å². The quantitative estimate of drug-likeness (QED) is 0.857. The fourth-order valence-electron chi connectivity index (χ4n) is 2.79. The summed E-state index contributed by atoms with van der Waals surface area (Å²) in [5.41, 5.74) is 2.49. The molecule has 2 atom stereocenters. The van der Waals surface area contributed by atoms with E-state index in [1.165, 1.54) is 17.7 Å². The molecule has 0 bridgehead atoms. The fourth-order valence-corrected chi connectivity index (χ4v) is 2.79. The predicted octanol–water partition coefficient (Wildman–Crippen LogP) is 2.15. The molecule has 3 heteroatoms. The van der Waals surface area contributed by atoms with Crippen LogP contribution in [-0.4, -0.2) is 31.3 Å². The molecule has 0 aromatic heterocycles. The molecule has 1 aromatic rings. The molecule has 3 nitrogen and oxygen atoms in total. The summed E-state index contributed by atoms with van der Waals surface area (Å²) in [5.74, 6) is 0. The Balaban J connectivity index is 2.05. The van der Waals surface area contributed by atoms with Crippen molar-refractivity contribution in [1.29, 1.82) is 0 Å². The molecule has 1 aliphatic carbocycles. The van der Waals surface area contributed by atoms with Crippen molar-refractivity contribution in [3.63, 3.8) is 0 Å². The number of aliphatic hydroxyl groups is 1. The van der Waals surface area contributed by atoms with Crippen molar-refractivity contribution in [2.45, 2.75) is 44.4 Å². The molecule has 100 valence electrons. The second kappa shape index (κ2) is 6.21. The van der Waals surface area contributed by atoms with Crippen LogP contribution in [0.15, 0.2) is 24.3 Å². The zero-order valence-electron chi connectivity index (χ0n) is 11.4. The highest BCUT2D eigenvalue weighted by atomic mass is 16.3. The maximum absolute atomic E-state index is 10.1. The van der Waals surface area contributed by atoms with E-state index in [4.69, 9.17) is 0 Å². The Bertz CT molecular complexity index is 363. The van der Waals surface area contributed by atoms with Gasteiger partial charge >= 0.3 is 0 Å². The number of benzene rings is 1. The molecule has 1 aliphatic rings. The van der Waals surface area contributed by atoms with Crippen molar-refractivity contribution in [3.05, 3.63) is 29.8 Å². The molecule has 0 heterocycles. The first kappa shape index (κ1) is 13.4. The summed E-state index contributed by atoms with van der Waals surface area (Å²) in [6, 6.07) is 8.87. The van der Waals surface area contributed by atoms with E-state index in [0.717, 1.165) is 25.8 Å². The minimum atomic E-state index is -0.180. The molecule has 18 heavy (non-hydrogen) atoms. The lowest BCUT2D eigenvalue weighted by Crippen LogP contribution is -2.43. The van der Waals surface area contributed by atoms with Crippen LogP contribution < -0.4 is 10.2 Å². The van der Waals surface area contributed by atoms with Crippen LogP contribution in [0.3, 0.4) is 0 Å². The standard InChI is InChI=1S/C15H24N2O/c1-16-11-12-7-9-13(10-8-12)17(2)14-5-3-4-6-15(14)18/h7-10,14-16,18H,3-6,11H2,1-2H3. The predicted molar refractivity (Wildman–Crippen MR) is 75.9 cm³/mol. The van der Waals surface area contributed by atoms with Crippen LogP contribution in [0.4, 0.5) is 5.69 Å². The Hall–Kier alpha value is -1.06. The summed E-state index contributed by atoms with van der Waals surface area (Å²) >= 11 is 0. The minimum absolute atomic E-state index is 0.180. The maximum atomic E-state index is 10.1. The van der Waals surface area contributed by atoms with Gasteiger partial charge in [-0.2, -0.15) is 0 Å². The van der Waals surface area contributed by atoms with E-state index in [1.807, 2.05) is 7.05 Å². The SMILES string of the molecule is CNCc1ccc(N(C)C2CCCCC2O)cc1. The highest BCUT2D eigenvalue weighted by Gasteiger charge is 2.26. The molecule has 1 saturated carbocycles. The Morgan fingerprint density at radius 2 is 1.89 bits per heavy atom. The van der Waals surface area contributed by atoms with Gasteiger partial charge in [-0.05, 0) is 37.6 Å². The average molecular weight is 248 g/mol. The van der Waals surface area contributed by atoms with Gasteiger partial charge in [-0.3, -0.25) is 0 Å². The molecule has 2 N–H and O–H groups in total. The first-order valence-electron chi connectivity index (χ1n) is 6.87. The summed E-state index contributed by atoms with van der Waals surface area (Å²) < 4.78 is 0. The molecule has 1 fully saturated rings. The Labute approximate surface area is 110 Å². The lowest BCUT2D eigenvalue weighted by atomic mass is 9.91. The molecule has 0 amide bonds. The number of aliphatic hydroxyl groups excluding tert-OH is 1. The van der Waals surface area contributed by atoms with Crippen LogP contribution in [0.2, 0.25) is 0 Å². The van der Waals surface area contributed by atoms with Gasteiger partial charge in [0.2, 0.25) is 0 Å². The normalized spacial score (nSPS) is 23.9. The zero-order chi connectivity index (χ0) is 13.0. The lowest BCUT2D eigenvalue weighted by molar-refractivity contribution is 0.106. The number of nitrogens with zero attached hydrogens (tertiary/aromatic N) is 1. The van der Waals surface area contributed by atoms with E-state index in [0.29, 0.717) is 0 Å². The summed E-state index contributed by atoms with van der Waals surface area (Å²) in [5, 5.41) is 13.2. The molecule has 0 saturated heterocycles. The van der Waals surface area contributed by atoms with Crippen LogP contribution in [-0.2, 0) is 6.54 Å². The third kappa shape index (κ3) is 3.03. The smallest absolute Gasteiger partial charge is 0.0743 e. The molecular formula is C15H24N2O. The van der Waals surface area contributed by atoms with Crippen LogP contribution in [0.25, 0.3) is 0 Å². The number of anilines is 1. The highest BCUT2D eigenvalue weighted by Crippen LogP contribution is 2.26. The van der Waals surface area contributed by atoms with Gasteiger partial charge in [-0.15, -0.1) is 0 Å². The third-order valence-corrected chi connectivity index (χ3v) is 3.92. The van der Waals surface area contributed by atoms with Gasteiger partial charge in [0, 0.05) is 19.3 Å². The Kier molecular flexibility index (Phi) is 4.61. The number of nitrogens with one attached hydrogen (secondary N) is 1. The van der Waals surface area contributed by atoms with E-state index in [-0.39, 0.29) is 12.1 Å². The van der Waals surface area contributed by atoms with E-state index in [9.17, 15) is 5.11 Å². The lowest BCUT2D eigenvalue weighted by Gasteiger charge is -2.36. The van der Waals surface area contributed by atoms with Crippen LogP contribution in [0.5, 0.6) is 0 Å². The largest absolute Gasteiger partial charge is 0.391 e. The maximum Gasteiger partial charge on any atom is 0.0743 e. The third-order valence-electron chi connectivity index (χ3n) is 3.92. The molecule has 2 rings (SSSR count). The number of likely N-dealkylation sites (N-methyl/N-ethyl adjacent to an activating group) is 1. The summed E-state index contributed by atoms with van der Waals surface area (Å²) in [6.45, 7) is 0.899. The van der Waals surface area contributed by atoms with Crippen LogP contribution in [0.1, 0.15) is 31.2 Å². The van der Waals surface area contributed by atoms with Crippen molar-refractivity contribution >= 4 is 5.69 Å². The molecule has 2 unspecified atom stereocenters. The topological polar surface area (TPSA) is 35.5 Å². The summed E-state index contributed by atoms with van der Waals surface area (Å²) in [4.78, 5) is 2.23. The molecule has 0 aliphatic heterocycles. The Morgan fingerprint density at radius 3 is 2.50 bits per heavy atom.